The summed E-state index contributed by atoms with van der Waals surface area (Å²) < 4.78 is 2.39. The molecule has 27 heavy (non-hydrogen) atoms. The smallest absolute Gasteiger partial charge is 0.266 e. The summed E-state index contributed by atoms with van der Waals surface area (Å²) in [7, 11) is 0. The largest absolute Gasteiger partial charge is 0.346 e. The summed E-state index contributed by atoms with van der Waals surface area (Å²) in [5, 5.41) is 12.3. The van der Waals surface area contributed by atoms with Crippen molar-refractivity contribution >= 4 is 17.7 Å². The van der Waals surface area contributed by atoms with Crippen LogP contribution in [0.15, 0.2) is 35.9 Å². The van der Waals surface area contributed by atoms with E-state index >= 15 is 0 Å². The van der Waals surface area contributed by atoms with Gasteiger partial charge in [-0.15, -0.1) is 0 Å². The van der Waals surface area contributed by atoms with Crippen molar-refractivity contribution in [1.29, 1.82) is 5.26 Å². The molecule has 0 bridgehead atoms. The summed E-state index contributed by atoms with van der Waals surface area (Å²) in [6, 6.07) is 12.2. The van der Waals surface area contributed by atoms with Gasteiger partial charge in [0.15, 0.2) is 0 Å². The molecule has 1 amide bonds. The lowest BCUT2D eigenvalue weighted by Gasteiger charge is -2.26. The van der Waals surface area contributed by atoms with Gasteiger partial charge in [0.1, 0.15) is 11.6 Å². The molecule has 0 spiro atoms. The van der Waals surface area contributed by atoms with Crippen molar-refractivity contribution in [1.82, 2.24) is 4.57 Å². The van der Waals surface area contributed by atoms with Gasteiger partial charge in [-0.2, -0.15) is 5.26 Å². The average molecular weight is 361 g/mol. The molecule has 1 N–H and O–H groups in total. The van der Waals surface area contributed by atoms with Crippen LogP contribution < -0.4 is 5.32 Å². The fraction of sp³-hybridized carbons (Fsp3) is 0.391. The van der Waals surface area contributed by atoms with E-state index in [9.17, 15) is 10.1 Å². The molecule has 2 aromatic rings. The molecule has 4 heteroatoms. The molecule has 1 aromatic heterocycles. The Morgan fingerprint density at radius 3 is 2.44 bits per heavy atom. The monoisotopic (exact) mass is 361 g/mol. The van der Waals surface area contributed by atoms with Crippen molar-refractivity contribution in [3.63, 3.8) is 0 Å². The zero-order valence-corrected chi connectivity index (χ0v) is 16.4. The van der Waals surface area contributed by atoms with Gasteiger partial charge in [0.25, 0.3) is 5.91 Å². The predicted molar refractivity (Wildman–Crippen MR) is 109 cm³/mol. The van der Waals surface area contributed by atoms with Crippen molar-refractivity contribution in [2.45, 2.75) is 58.9 Å². The van der Waals surface area contributed by atoms with Crippen molar-refractivity contribution < 1.29 is 4.79 Å². The number of carbonyl (C=O) groups is 1. The van der Waals surface area contributed by atoms with E-state index < -0.39 is 0 Å². The predicted octanol–water partition coefficient (Wildman–Crippen LogP) is 5.46. The number of nitriles is 1. The normalized spacial score (nSPS) is 15.4. The molecule has 1 aliphatic carbocycles. The van der Waals surface area contributed by atoms with Crippen LogP contribution in [0, 0.1) is 32.1 Å². The van der Waals surface area contributed by atoms with Crippen molar-refractivity contribution in [3.8, 4) is 6.07 Å². The lowest BCUT2D eigenvalue weighted by molar-refractivity contribution is -0.112. The van der Waals surface area contributed by atoms with Gasteiger partial charge in [-0.3, -0.25) is 4.79 Å². The number of hydrogen-bond acceptors (Lipinski definition) is 2. The van der Waals surface area contributed by atoms with Crippen LogP contribution in [-0.4, -0.2) is 10.5 Å². The number of amides is 1. The quantitative estimate of drug-likeness (QED) is 0.580. The second-order valence-corrected chi connectivity index (χ2v) is 7.48. The van der Waals surface area contributed by atoms with E-state index in [2.05, 4.69) is 35.9 Å². The molecule has 1 fully saturated rings. The number of nitrogens with one attached hydrogen (secondary N) is 1. The minimum atomic E-state index is -0.371. The lowest BCUT2D eigenvalue weighted by Crippen LogP contribution is -2.15. The van der Waals surface area contributed by atoms with Crippen LogP contribution in [0.5, 0.6) is 0 Å². The first-order valence-corrected chi connectivity index (χ1v) is 9.68. The Kier molecular flexibility index (Phi) is 5.81. The van der Waals surface area contributed by atoms with Gasteiger partial charge in [-0.05, 0) is 63.5 Å². The molecule has 0 saturated heterocycles. The van der Waals surface area contributed by atoms with Crippen LogP contribution >= 0.6 is 0 Å². The van der Waals surface area contributed by atoms with Crippen LogP contribution in [-0.2, 0) is 4.79 Å². The first-order valence-electron chi connectivity index (χ1n) is 9.68. The van der Waals surface area contributed by atoms with Gasteiger partial charge in [0.05, 0.1) is 0 Å². The van der Waals surface area contributed by atoms with Crippen molar-refractivity contribution in [2.75, 3.05) is 5.32 Å². The lowest BCUT2D eigenvalue weighted by atomic mass is 9.95. The van der Waals surface area contributed by atoms with Gasteiger partial charge < -0.3 is 9.88 Å². The number of anilines is 1. The molecular formula is C23H27N3O. The highest BCUT2D eigenvalue weighted by Crippen LogP contribution is 2.32. The standard InChI is InChI=1S/C23H27N3O/c1-16-9-11-21(12-10-16)25-23(27)20(15-24)14-19-13-17(2)26(18(19)3)22-7-5-4-6-8-22/h9-14,22H,4-8H2,1-3H3,(H,25,27)/b20-14-. The maximum Gasteiger partial charge on any atom is 0.266 e. The number of aromatic nitrogens is 1. The molecule has 0 atom stereocenters. The van der Waals surface area contributed by atoms with Crippen LogP contribution in [0.3, 0.4) is 0 Å². The molecule has 140 valence electrons. The van der Waals surface area contributed by atoms with E-state index in [0.29, 0.717) is 11.7 Å². The Morgan fingerprint density at radius 2 is 1.81 bits per heavy atom. The minimum Gasteiger partial charge on any atom is -0.346 e. The maximum atomic E-state index is 12.5. The number of hydrogen-bond donors (Lipinski definition) is 1. The van der Waals surface area contributed by atoms with Crippen LogP contribution in [0.1, 0.15) is 60.7 Å². The third-order valence-corrected chi connectivity index (χ3v) is 5.44. The summed E-state index contributed by atoms with van der Waals surface area (Å²) in [6.45, 7) is 6.19. The Balaban J connectivity index is 1.84. The molecule has 4 nitrogen and oxygen atoms in total. The van der Waals surface area contributed by atoms with E-state index in [-0.39, 0.29) is 11.5 Å². The molecule has 0 radical (unpaired) electrons. The summed E-state index contributed by atoms with van der Waals surface area (Å²) in [6.07, 6.45) is 7.99. The Bertz CT molecular complexity index is 891. The first kappa shape index (κ1) is 19.0. The van der Waals surface area contributed by atoms with Crippen LogP contribution in [0.25, 0.3) is 6.08 Å². The van der Waals surface area contributed by atoms with Crippen LogP contribution in [0.4, 0.5) is 5.69 Å². The molecule has 0 unspecified atom stereocenters. The SMILES string of the molecule is Cc1ccc(NC(=O)/C(C#N)=C\c2cc(C)n(C3CCCCC3)c2C)cc1. The van der Waals surface area contributed by atoms with Crippen molar-refractivity contribution in [2.24, 2.45) is 0 Å². The van der Waals surface area contributed by atoms with Gasteiger partial charge in [-0.25, -0.2) is 0 Å². The Morgan fingerprint density at radius 1 is 1.15 bits per heavy atom. The first-order chi connectivity index (χ1) is 13.0. The highest BCUT2D eigenvalue weighted by Gasteiger charge is 2.20. The zero-order valence-electron chi connectivity index (χ0n) is 16.4. The number of carbonyl (C=O) groups excluding carboxylic acids is 1. The second kappa shape index (κ2) is 8.26. The molecule has 1 saturated carbocycles. The van der Waals surface area contributed by atoms with E-state index in [1.807, 2.05) is 31.2 Å². The van der Waals surface area contributed by atoms with E-state index in [1.165, 1.54) is 37.8 Å². The van der Waals surface area contributed by atoms with Crippen molar-refractivity contribution in [3.05, 3.63) is 58.4 Å². The Hall–Kier alpha value is -2.80. The summed E-state index contributed by atoms with van der Waals surface area (Å²) in [4.78, 5) is 12.5. The summed E-state index contributed by atoms with van der Waals surface area (Å²) in [5.41, 5.74) is 5.23. The maximum absolute atomic E-state index is 12.5. The molecule has 1 heterocycles. The van der Waals surface area contributed by atoms with E-state index in [0.717, 1.165) is 16.8 Å². The second-order valence-electron chi connectivity index (χ2n) is 7.48. The third-order valence-electron chi connectivity index (χ3n) is 5.44. The van der Waals surface area contributed by atoms with Gasteiger partial charge >= 0.3 is 0 Å². The number of rotatable bonds is 4. The Labute approximate surface area is 161 Å². The number of aryl methyl sites for hydroxylation is 2. The third kappa shape index (κ3) is 4.31. The highest BCUT2D eigenvalue weighted by atomic mass is 16.1. The van der Waals surface area contributed by atoms with E-state index in [4.69, 9.17) is 0 Å². The van der Waals surface area contributed by atoms with Gasteiger partial charge in [0, 0.05) is 23.1 Å². The molecular weight excluding hydrogens is 334 g/mol. The fourth-order valence-corrected chi connectivity index (χ4v) is 3.99. The zero-order chi connectivity index (χ0) is 19.4. The molecule has 3 rings (SSSR count). The summed E-state index contributed by atoms with van der Waals surface area (Å²) >= 11 is 0. The van der Waals surface area contributed by atoms with Gasteiger partial charge in [0.2, 0.25) is 0 Å². The van der Waals surface area contributed by atoms with E-state index in [1.54, 1.807) is 6.08 Å². The molecule has 1 aliphatic rings. The summed E-state index contributed by atoms with van der Waals surface area (Å²) in [5.74, 6) is -0.371. The van der Waals surface area contributed by atoms with Gasteiger partial charge in [-0.1, -0.05) is 37.0 Å². The van der Waals surface area contributed by atoms with Crippen LogP contribution in [0.2, 0.25) is 0 Å². The topological polar surface area (TPSA) is 57.8 Å². The number of benzene rings is 1. The molecule has 1 aromatic carbocycles. The molecule has 0 aliphatic heterocycles. The highest BCUT2D eigenvalue weighted by molar-refractivity contribution is 6.09. The fourth-order valence-electron chi connectivity index (χ4n) is 3.99. The number of nitrogens with zero attached hydrogens (tertiary/aromatic N) is 2. The minimum absolute atomic E-state index is 0.125. The average Bonchev–Trinajstić information content (AvgIpc) is 2.95.